The van der Waals surface area contributed by atoms with E-state index in [-0.39, 0.29) is 12.5 Å². The van der Waals surface area contributed by atoms with Crippen LogP contribution in [0.5, 0.6) is 5.75 Å². The van der Waals surface area contributed by atoms with Crippen LogP contribution >= 0.6 is 27.5 Å². The molecule has 1 aromatic carbocycles. The summed E-state index contributed by atoms with van der Waals surface area (Å²) in [5.74, 6) is -1.91. The Morgan fingerprint density at radius 2 is 1.95 bits per heavy atom. The Morgan fingerprint density at radius 3 is 2.40 bits per heavy atom. The lowest BCUT2D eigenvalue weighted by Crippen LogP contribution is -2.06. The number of rotatable bonds is 4. The molecule has 20 heavy (non-hydrogen) atoms. The SMILES string of the molecule is Cc1nn(C)c(COc2c(F)cc(CCl)cc2F)c1Br. The number of alkyl halides is 1. The lowest BCUT2D eigenvalue weighted by atomic mass is 10.2. The quantitative estimate of drug-likeness (QED) is 0.763. The van der Waals surface area contributed by atoms with Gasteiger partial charge in [0.15, 0.2) is 17.4 Å². The molecule has 108 valence electrons. The lowest BCUT2D eigenvalue weighted by molar-refractivity contribution is 0.264. The third-order valence-electron chi connectivity index (χ3n) is 2.83. The molecule has 0 N–H and O–H groups in total. The third kappa shape index (κ3) is 2.96. The van der Waals surface area contributed by atoms with Gasteiger partial charge in [-0.1, -0.05) is 0 Å². The summed E-state index contributed by atoms with van der Waals surface area (Å²) in [5.41, 5.74) is 1.85. The topological polar surface area (TPSA) is 27.1 Å². The normalized spacial score (nSPS) is 10.9. The van der Waals surface area contributed by atoms with E-state index in [1.54, 1.807) is 11.7 Å². The van der Waals surface area contributed by atoms with E-state index in [4.69, 9.17) is 16.3 Å². The van der Waals surface area contributed by atoms with Crippen LogP contribution in [0, 0.1) is 18.6 Å². The number of aromatic nitrogens is 2. The van der Waals surface area contributed by atoms with Crippen molar-refractivity contribution >= 4 is 27.5 Å². The molecule has 3 nitrogen and oxygen atoms in total. The average molecular weight is 366 g/mol. The minimum Gasteiger partial charge on any atom is -0.481 e. The van der Waals surface area contributed by atoms with Crippen LogP contribution in [-0.4, -0.2) is 9.78 Å². The van der Waals surface area contributed by atoms with Gasteiger partial charge in [-0.05, 0) is 40.5 Å². The number of benzene rings is 1. The molecule has 0 aliphatic heterocycles. The second-order valence-electron chi connectivity index (χ2n) is 4.28. The molecule has 0 bridgehead atoms. The van der Waals surface area contributed by atoms with Crippen molar-refractivity contribution in [3.8, 4) is 5.75 Å². The van der Waals surface area contributed by atoms with Crippen molar-refractivity contribution in [1.82, 2.24) is 9.78 Å². The van der Waals surface area contributed by atoms with Crippen LogP contribution in [0.2, 0.25) is 0 Å². The molecule has 1 aromatic heterocycles. The number of nitrogens with zero attached hydrogens (tertiary/aromatic N) is 2. The first-order valence-corrected chi connectivity index (χ1v) is 7.11. The molecule has 0 atom stereocenters. The zero-order valence-electron chi connectivity index (χ0n) is 10.9. The summed E-state index contributed by atoms with van der Waals surface area (Å²) < 4.78 is 35.1. The Balaban J connectivity index is 2.23. The van der Waals surface area contributed by atoms with E-state index in [9.17, 15) is 8.78 Å². The molecule has 0 amide bonds. The maximum Gasteiger partial charge on any atom is 0.191 e. The first kappa shape index (κ1) is 15.3. The molecule has 0 saturated heterocycles. The van der Waals surface area contributed by atoms with E-state index in [0.29, 0.717) is 11.3 Å². The summed E-state index contributed by atoms with van der Waals surface area (Å²) in [4.78, 5) is 0. The van der Waals surface area contributed by atoms with Gasteiger partial charge in [0.25, 0.3) is 0 Å². The van der Waals surface area contributed by atoms with E-state index < -0.39 is 17.4 Å². The van der Waals surface area contributed by atoms with Crippen LogP contribution in [0.3, 0.4) is 0 Å². The molecule has 0 aliphatic carbocycles. The fourth-order valence-electron chi connectivity index (χ4n) is 1.80. The second kappa shape index (κ2) is 6.10. The molecule has 0 saturated carbocycles. The van der Waals surface area contributed by atoms with Gasteiger partial charge in [0.2, 0.25) is 0 Å². The van der Waals surface area contributed by atoms with E-state index in [2.05, 4.69) is 21.0 Å². The van der Waals surface area contributed by atoms with Crippen LogP contribution in [-0.2, 0) is 19.5 Å². The number of hydrogen-bond acceptors (Lipinski definition) is 2. The predicted octanol–water partition coefficient (Wildman–Crippen LogP) is 4.09. The molecule has 0 spiro atoms. The number of aryl methyl sites for hydroxylation is 2. The Bertz CT molecular complexity index is 623. The molecule has 0 unspecified atom stereocenters. The fraction of sp³-hybridized carbons (Fsp3) is 0.308. The van der Waals surface area contributed by atoms with Crippen molar-refractivity contribution in [1.29, 1.82) is 0 Å². The zero-order chi connectivity index (χ0) is 14.9. The molecule has 0 radical (unpaired) electrons. The standard InChI is InChI=1S/C13H12BrClF2N2O/c1-7-12(14)11(19(2)18-7)6-20-13-9(16)3-8(5-15)4-10(13)17/h3-4H,5-6H2,1-2H3. The highest BCUT2D eigenvalue weighted by atomic mass is 79.9. The zero-order valence-corrected chi connectivity index (χ0v) is 13.2. The first-order valence-electron chi connectivity index (χ1n) is 5.78. The molecule has 1 heterocycles. The molecule has 7 heteroatoms. The van der Waals surface area contributed by atoms with Crippen molar-refractivity contribution < 1.29 is 13.5 Å². The van der Waals surface area contributed by atoms with Crippen LogP contribution in [0.25, 0.3) is 0 Å². The van der Waals surface area contributed by atoms with Crippen LogP contribution < -0.4 is 4.74 Å². The van der Waals surface area contributed by atoms with Crippen molar-refractivity contribution in [2.75, 3.05) is 0 Å². The highest BCUT2D eigenvalue weighted by Gasteiger charge is 2.16. The van der Waals surface area contributed by atoms with Gasteiger partial charge in [-0.25, -0.2) is 8.78 Å². The van der Waals surface area contributed by atoms with Crippen LogP contribution in [0.4, 0.5) is 8.78 Å². The van der Waals surface area contributed by atoms with Crippen molar-refractivity contribution in [3.05, 3.63) is 45.2 Å². The fourth-order valence-corrected chi connectivity index (χ4v) is 2.41. The molecule has 2 rings (SSSR count). The van der Waals surface area contributed by atoms with Gasteiger partial charge in [0, 0.05) is 12.9 Å². The highest BCUT2D eigenvalue weighted by molar-refractivity contribution is 9.10. The second-order valence-corrected chi connectivity index (χ2v) is 5.34. The summed E-state index contributed by atoms with van der Waals surface area (Å²) in [6.07, 6.45) is 0. The molecule has 0 fully saturated rings. The van der Waals surface area contributed by atoms with Gasteiger partial charge in [-0.2, -0.15) is 5.10 Å². The van der Waals surface area contributed by atoms with E-state index >= 15 is 0 Å². The Morgan fingerprint density at radius 1 is 1.35 bits per heavy atom. The van der Waals surface area contributed by atoms with Gasteiger partial charge in [-0.15, -0.1) is 11.6 Å². The van der Waals surface area contributed by atoms with Crippen LogP contribution in [0.1, 0.15) is 17.0 Å². The Labute approximate surface area is 128 Å². The monoisotopic (exact) mass is 364 g/mol. The van der Waals surface area contributed by atoms with Gasteiger partial charge in [0.05, 0.1) is 15.9 Å². The number of hydrogen-bond donors (Lipinski definition) is 0. The molecule has 0 aliphatic rings. The maximum atomic E-state index is 13.7. The minimum absolute atomic E-state index is 0.00594. The van der Waals surface area contributed by atoms with Crippen LogP contribution in [0.15, 0.2) is 16.6 Å². The summed E-state index contributed by atoms with van der Waals surface area (Å²) in [5, 5.41) is 4.18. The van der Waals surface area contributed by atoms with Gasteiger partial charge in [-0.3, -0.25) is 4.68 Å². The summed E-state index contributed by atoms with van der Waals surface area (Å²) in [6, 6.07) is 2.32. The highest BCUT2D eigenvalue weighted by Crippen LogP contribution is 2.27. The Kier molecular flexibility index (Phi) is 4.65. The average Bonchev–Trinajstić information content (AvgIpc) is 2.63. The van der Waals surface area contributed by atoms with Gasteiger partial charge in [0.1, 0.15) is 6.61 Å². The third-order valence-corrected chi connectivity index (χ3v) is 4.17. The van der Waals surface area contributed by atoms with Crippen molar-refractivity contribution in [2.45, 2.75) is 19.4 Å². The predicted molar refractivity (Wildman–Crippen MR) is 75.9 cm³/mol. The van der Waals surface area contributed by atoms with Gasteiger partial charge < -0.3 is 4.74 Å². The summed E-state index contributed by atoms with van der Waals surface area (Å²) in [6.45, 7) is 1.83. The molecular formula is C13H12BrClF2N2O. The maximum absolute atomic E-state index is 13.7. The first-order chi connectivity index (χ1) is 9.43. The van der Waals surface area contributed by atoms with Gasteiger partial charge >= 0.3 is 0 Å². The molecular weight excluding hydrogens is 354 g/mol. The van der Waals surface area contributed by atoms with E-state index in [1.165, 1.54) is 0 Å². The minimum atomic E-state index is -0.768. The lowest BCUT2D eigenvalue weighted by Gasteiger charge is -2.10. The summed E-state index contributed by atoms with van der Waals surface area (Å²) in [7, 11) is 1.74. The number of halogens is 4. The molecule has 2 aromatic rings. The number of ether oxygens (including phenoxy) is 1. The van der Waals surface area contributed by atoms with Crippen molar-refractivity contribution in [2.24, 2.45) is 7.05 Å². The smallest absolute Gasteiger partial charge is 0.191 e. The van der Waals surface area contributed by atoms with Crippen molar-refractivity contribution in [3.63, 3.8) is 0 Å². The summed E-state index contributed by atoms with van der Waals surface area (Å²) >= 11 is 8.91. The Hall–Kier alpha value is -1.14. The largest absolute Gasteiger partial charge is 0.481 e. The van der Waals surface area contributed by atoms with E-state index in [1.807, 2.05) is 6.92 Å². The van der Waals surface area contributed by atoms with E-state index in [0.717, 1.165) is 22.3 Å².